The zero-order chi connectivity index (χ0) is 19.2. The number of amides is 1. The Labute approximate surface area is 162 Å². The molecule has 1 N–H and O–H groups in total. The number of nitrogens with zero attached hydrogens (tertiary/aromatic N) is 4. The number of nitrogens with one attached hydrogen (secondary N) is 1. The molecule has 2 heterocycles. The van der Waals surface area contributed by atoms with Gasteiger partial charge in [0.15, 0.2) is 5.96 Å². The number of guanidine groups is 1. The van der Waals surface area contributed by atoms with Gasteiger partial charge in [-0.15, -0.1) is 0 Å². The van der Waals surface area contributed by atoms with E-state index in [9.17, 15) is 4.79 Å². The van der Waals surface area contributed by atoms with Gasteiger partial charge in [0.25, 0.3) is 0 Å². The largest absolute Gasteiger partial charge is 0.350 e. The predicted molar refractivity (Wildman–Crippen MR) is 110 cm³/mol. The summed E-state index contributed by atoms with van der Waals surface area (Å²) in [5, 5.41) is 3.55. The molecular weight excluding hydrogens is 338 g/mol. The van der Waals surface area contributed by atoms with E-state index < -0.39 is 0 Å². The number of hydrogen-bond donors (Lipinski definition) is 1. The lowest BCUT2D eigenvalue weighted by Crippen LogP contribution is -2.44. The highest BCUT2D eigenvalue weighted by Gasteiger charge is 2.30. The minimum absolute atomic E-state index is 0.0150. The molecule has 146 valence electrons. The Morgan fingerprint density at radius 1 is 1.26 bits per heavy atom. The second-order valence-electron chi connectivity index (χ2n) is 7.52. The molecule has 1 aromatic rings. The van der Waals surface area contributed by atoms with Crippen molar-refractivity contribution in [2.45, 2.75) is 25.4 Å². The van der Waals surface area contributed by atoms with Gasteiger partial charge >= 0.3 is 0 Å². The van der Waals surface area contributed by atoms with Crippen LogP contribution in [-0.2, 0) is 4.79 Å². The first kappa shape index (κ1) is 19.4. The Kier molecular flexibility index (Phi) is 6.50. The maximum Gasteiger partial charge on any atom is 0.243 e. The van der Waals surface area contributed by atoms with E-state index in [2.05, 4.69) is 51.3 Å². The summed E-state index contributed by atoms with van der Waals surface area (Å²) in [5.74, 6) is 0.845. The second kappa shape index (κ2) is 9.04. The summed E-state index contributed by atoms with van der Waals surface area (Å²) in [6, 6.07) is 11.0. The van der Waals surface area contributed by atoms with Crippen LogP contribution in [0.25, 0.3) is 0 Å². The van der Waals surface area contributed by atoms with E-state index in [1.54, 1.807) is 19.0 Å². The van der Waals surface area contributed by atoms with E-state index >= 15 is 0 Å². The van der Waals surface area contributed by atoms with Crippen LogP contribution in [0.2, 0.25) is 0 Å². The number of hydrogen-bond acceptors (Lipinski definition) is 3. The van der Waals surface area contributed by atoms with Gasteiger partial charge in [0.05, 0.1) is 6.04 Å². The van der Waals surface area contributed by atoms with Gasteiger partial charge in [-0.2, -0.15) is 0 Å². The molecule has 6 nitrogen and oxygen atoms in total. The third-order valence-corrected chi connectivity index (χ3v) is 5.33. The standard InChI is InChI=1S/C21H31N5O/c1-17(18-9-5-4-6-10-18)23-21(22-15-20(27)24(2)3)26-14-11-19(16-26)25-12-7-8-13-25/h4-10,17,19H,11-16H2,1-3H3,(H,22,23). The van der Waals surface area contributed by atoms with E-state index in [-0.39, 0.29) is 18.5 Å². The molecule has 3 rings (SSSR count). The topological polar surface area (TPSA) is 51.2 Å². The molecule has 27 heavy (non-hydrogen) atoms. The zero-order valence-electron chi connectivity index (χ0n) is 16.6. The highest BCUT2D eigenvalue weighted by atomic mass is 16.2. The van der Waals surface area contributed by atoms with Crippen molar-refractivity contribution >= 4 is 11.9 Å². The van der Waals surface area contributed by atoms with Crippen molar-refractivity contribution in [2.75, 3.05) is 46.8 Å². The second-order valence-corrected chi connectivity index (χ2v) is 7.52. The van der Waals surface area contributed by atoms with Crippen LogP contribution in [0.3, 0.4) is 0 Å². The maximum absolute atomic E-state index is 12.0. The summed E-state index contributed by atoms with van der Waals surface area (Å²) in [5.41, 5.74) is 1.21. The fourth-order valence-corrected chi connectivity index (χ4v) is 3.56. The Morgan fingerprint density at radius 3 is 2.63 bits per heavy atom. The quantitative estimate of drug-likeness (QED) is 0.488. The highest BCUT2D eigenvalue weighted by molar-refractivity contribution is 5.85. The SMILES string of the molecule is CC(NC(=NCC(=O)N(C)C)N1CCC(N2CC=CC2)C1)c1ccccc1. The summed E-state index contributed by atoms with van der Waals surface area (Å²) in [6.07, 6.45) is 5.61. The number of likely N-dealkylation sites (tertiary alicyclic amines) is 1. The van der Waals surface area contributed by atoms with Gasteiger partial charge in [0.2, 0.25) is 5.91 Å². The van der Waals surface area contributed by atoms with E-state index in [1.807, 2.05) is 18.2 Å². The van der Waals surface area contributed by atoms with Crippen molar-refractivity contribution < 1.29 is 4.79 Å². The Hall–Kier alpha value is -2.34. The first-order chi connectivity index (χ1) is 13.0. The Morgan fingerprint density at radius 2 is 1.96 bits per heavy atom. The third kappa shape index (κ3) is 5.10. The number of carbonyl (C=O) groups is 1. The summed E-state index contributed by atoms with van der Waals surface area (Å²) < 4.78 is 0. The minimum Gasteiger partial charge on any atom is -0.350 e. The van der Waals surface area contributed by atoms with Crippen molar-refractivity contribution in [2.24, 2.45) is 4.99 Å². The van der Waals surface area contributed by atoms with Crippen LogP contribution in [-0.4, -0.2) is 79.4 Å². The number of benzene rings is 1. The average molecular weight is 370 g/mol. The van der Waals surface area contributed by atoms with Crippen LogP contribution < -0.4 is 5.32 Å². The summed E-state index contributed by atoms with van der Waals surface area (Å²) in [7, 11) is 3.54. The molecule has 0 saturated carbocycles. The summed E-state index contributed by atoms with van der Waals surface area (Å²) in [6.45, 7) is 6.30. The van der Waals surface area contributed by atoms with E-state index in [0.717, 1.165) is 38.6 Å². The number of carbonyl (C=O) groups excluding carboxylic acids is 1. The van der Waals surface area contributed by atoms with Gasteiger partial charge in [0, 0.05) is 46.3 Å². The summed E-state index contributed by atoms with van der Waals surface area (Å²) in [4.78, 5) is 23.1. The molecule has 2 aliphatic rings. The Bertz CT molecular complexity index is 677. The van der Waals surface area contributed by atoms with E-state index in [4.69, 9.17) is 0 Å². The van der Waals surface area contributed by atoms with Crippen molar-refractivity contribution in [3.8, 4) is 0 Å². The van der Waals surface area contributed by atoms with Gasteiger partial charge in [-0.25, -0.2) is 4.99 Å². The molecule has 0 aromatic heterocycles. The van der Waals surface area contributed by atoms with Crippen LogP contribution in [0.15, 0.2) is 47.5 Å². The van der Waals surface area contributed by atoms with Crippen LogP contribution in [0.1, 0.15) is 24.9 Å². The smallest absolute Gasteiger partial charge is 0.243 e. The van der Waals surface area contributed by atoms with Gasteiger partial charge in [0.1, 0.15) is 6.54 Å². The molecular formula is C21H31N5O. The number of aliphatic imine (C=N–C) groups is 1. The van der Waals surface area contributed by atoms with E-state index in [1.165, 1.54) is 5.56 Å². The number of rotatable bonds is 5. The third-order valence-electron chi connectivity index (χ3n) is 5.33. The molecule has 0 aliphatic carbocycles. The fourth-order valence-electron chi connectivity index (χ4n) is 3.56. The van der Waals surface area contributed by atoms with Crippen LogP contribution in [0, 0.1) is 0 Å². The van der Waals surface area contributed by atoms with Gasteiger partial charge < -0.3 is 15.1 Å². The fraction of sp³-hybridized carbons (Fsp3) is 0.524. The average Bonchev–Trinajstić information content (AvgIpc) is 3.36. The van der Waals surface area contributed by atoms with Crippen LogP contribution >= 0.6 is 0 Å². The molecule has 1 amide bonds. The molecule has 1 saturated heterocycles. The first-order valence-electron chi connectivity index (χ1n) is 9.74. The monoisotopic (exact) mass is 369 g/mol. The van der Waals surface area contributed by atoms with Crippen molar-refractivity contribution in [3.63, 3.8) is 0 Å². The van der Waals surface area contributed by atoms with Crippen LogP contribution in [0.4, 0.5) is 0 Å². The lowest BCUT2D eigenvalue weighted by Gasteiger charge is -2.27. The lowest BCUT2D eigenvalue weighted by atomic mass is 10.1. The normalized spacial score (nSPS) is 21.5. The zero-order valence-corrected chi connectivity index (χ0v) is 16.6. The minimum atomic E-state index is 0.0150. The molecule has 2 atom stereocenters. The number of likely N-dealkylation sites (N-methyl/N-ethyl adjacent to an activating group) is 1. The molecule has 0 spiro atoms. The molecule has 0 bridgehead atoms. The first-order valence-corrected chi connectivity index (χ1v) is 9.74. The van der Waals surface area contributed by atoms with Crippen molar-refractivity contribution in [1.29, 1.82) is 0 Å². The Balaban J connectivity index is 1.69. The van der Waals surface area contributed by atoms with Crippen molar-refractivity contribution in [3.05, 3.63) is 48.0 Å². The molecule has 2 aliphatic heterocycles. The molecule has 6 heteroatoms. The van der Waals surface area contributed by atoms with Gasteiger partial charge in [-0.05, 0) is 18.9 Å². The molecule has 1 aromatic carbocycles. The van der Waals surface area contributed by atoms with E-state index in [0.29, 0.717) is 6.04 Å². The van der Waals surface area contributed by atoms with Gasteiger partial charge in [-0.3, -0.25) is 9.69 Å². The summed E-state index contributed by atoms with van der Waals surface area (Å²) >= 11 is 0. The van der Waals surface area contributed by atoms with Crippen molar-refractivity contribution in [1.82, 2.24) is 20.0 Å². The maximum atomic E-state index is 12.0. The molecule has 1 fully saturated rings. The van der Waals surface area contributed by atoms with Gasteiger partial charge in [-0.1, -0.05) is 42.5 Å². The molecule has 2 unspecified atom stereocenters. The predicted octanol–water partition coefficient (Wildman–Crippen LogP) is 1.73. The highest BCUT2D eigenvalue weighted by Crippen LogP contribution is 2.19. The van der Waals surface area contributed by atoms with Crippen LogP contribution in [0.5, 0.6) is 0 Å². The molecule has 0 radical (unpaired) electrons. The lowest BCUT2D eigenvalue weighted by molar-refractivity contribution is -0.127.